The minimum atomic E-state index is -0.982. The summed E-state index contributed by atoms with van der Waals surface area (Å²) in [4.78, 5) is 51.8. The molecule has 2 aromatic carbocycles. The lowest BCUT2D eigenvalue weighted by atomic mass is 9.93. The summed E-state index contributed by atoms with van der Waals surface area (Å²) in [6, 6.07) is 14.7. The number of piperidine rings is 2. The predicted octanol–water partition coefficient (Wildman–Crippen LogP) is 5.17. The summed E-state index contributed by atoms with van der Waals surface area (Å²) in [6.07, 6.45) is 5.23. The maximum atomic E-state index is 14.2. The van der Waals surface area contributed by atoms with Gasteiger partial charge >= 0.3 is 5.97 Å². The lowest BCUT2D eigenvalue weighted by Gasteiger charge is -2.32. The number of halogens is 2. The molecule has 4 aliphatic rings. The van der Waals surface area contributed by atoms with E-state index in [0.717, 1.165) is 68.8 Å². The van der Waals surface area contributed by atoms with Gasteiger partial charge in [-0.1, -0.05) is 23.7 Å². The van der Waals surface area contributed by atoms with E-state index >= 15 is 0 Å². The van der Waals surface area contributed by atoms with Crippen molar-refractivity contribution in [3.8, 4) is 5.88 Å². The van der Waals surface area contributed by atoms with Gasteiger partial charge in [0.25, 0.3) is 5.91 Å². The number of ether oxygens (including phenoxy) is 2. The van der Waals surface area contributed by atoms with Crippen LogP contribution in [-0.2, 0) is 34.0 Å². The van der Waals surface area contributed by atoms with Crippen molar-refractivity contribution < 1.29 is 33.4 Å². The van der Waals surface area contributed by atoms with Crippen LogP contribution < -0.4 is 10.1 Å². The first-order valence-electron chi connectivity index (χ1n) is 18.4. The fraction of sp³-hybridized carbons (Fsp3) is 0.462. The van der Waals surface area contributed by atoms with Gasteiger partial charge < -0.3 is 29.4 Å². The number of carboxylic acids is 1. The number of amides is 2. The predicted molar refractivity (Wildman–Crippen MR) is 193 cm³/mol. The molecule has 53 heavy (non-hydrogen) atoms. The van der Waals surface area contributed by atoms with E-state index in [-0.39, 0.29) is 43.0 Å². The van der Waals surface area contributed by atoms with Crippen molar-refractivity contribution in [2.24, 2.45) is 5.92 Å². The Morgan fingerprint density at radius 1 is 1.02 bits per heavy atom. The quantitative estimate of drug-likeness (QED) is 0.201. The van der Waals surface area contributed by atoms with Crippen LogP contribution in [0.15, 0.2) is 54.6 Å². The van der Waals surface area contributed by atoms with Crippen LogP contribution >= 0.6 is 11.6 Å². The normalized spacial score (nSPS) is 22.9. The summed E-state index contributed by atoms with van der Waals surface area (Å²) in [6.45, 7) is 3.55. The summed E-state index contributed by atoms with van der Waals surface area (Å²) in [5, 5.41) is 12.8. The van der Waals surface area contributed by atoms with Crippen LogP contribution in [0.5, 0.6) is 5.88 Å². The van der Waals surface area contributed by atoms with E-state index in [2.05, 4.69) is 14.8 Å². The van der Waals surface area contributed by atoms with Crippen molar-refractivity contribution in [2.45, 2.75) is 82.3 Å². The van der Waals surface area contributed by atoms with Gasteiger partial charge in [-0.05, 0) is 93.9 Å². The number of carbonyl (C=O) groups is 3. The van der Waals surface area contributed by atoms with Crippen LogP contribution in [0.3, 0.4) is 0 Å². The number of aliphatic carboxylic acids is 1. The first kappa shape index (κ1) is 35.4. The fourth-order valence-electron chi connectivity index (χ4n) is 8.41. The summed E-state index contributed by atoms with van der Waals surface area (Å²) in [5.41, 5.74) is 3.36. The Balaban J connectivity index is 0.903. The minimum absolute atomic E-state index is 0.0179. The third-order valence-electron chi connectivity index (χ3n) is 11.3. The van der Waals surface area contributed by atoms with Crippen molar-refractivity contribution in [3.05, 3.63) is 88.1 Å². The SMILES string of the molecule is O=C(NCC(=O)N1C2CCC(C2)C1C(=O)O)c1ccc2c(c1)nc(CN1CCC(c3cccc(OCc4ccc(Cl)cc4F)n3)CC1)n2C[C@@H]1CCO1. The highest BCUT2D eigenvalue weighted by Gasteiger charge is 2.51. The lowest BCUT2D eigenvalue weighted by molar-refractivity contribution is -0.152. The van der Waals surface area contributed by atoms with Crippen LogP contribution in [0.4, 0.5) is 4.39 Å². The van der Waals surface area contributed by atoms with Crippen molar-refractivity contribution in [1.82, 2.24) is 29.7 Å². The highest BCUT2D eigenvalue weighted by atomic mass is 35.5. The van der Waals surface area contributed by atoms with Crippen LogP contribution in [0.1, 0.15) is 71.9 Å². The monoisotopic (exact) mass is 744 g/mol. The Labute approximate surface area is 311 Å². The average Bonchev–Trinajstić information content (AvgIpc) is 3.85. The van der Waals surface area contributed by atoms with Crippen molar-refractivity contribution >= 4 is 40.4 Å². The van der Waals surface area contributed by atoms with Gasteiger partial charge in [0, 0.05) is 46.5 Å². The first-order chi connectivity index (χ1) is 25.7. The summed E-state index contributed by atoms with van der Waals surface area (Å²) in [7, 11) is 0. The molecule has 278 valence electrons. The highest BCUT2D eigenvalue weighted by molar-refractivity contribution is 6.30. The van der Waals surface area contributed by atoms with Crippen LogP contribution in [0.25, 0.3) is 11.0 Å². The summed E-state index contributed by atoms with van der Waals surface area (Å²) in [5.74, 6) is -0.571. The lowest BCUT2D eigenvalue weighted by Crippen LogP contribution is -2.52. The van der Waals surface area contributed by atoms with E-state index in [4.69, 9.17) is 31.0 Å². The largest absolute Gasteiger partial charge is 0.480 e. The van der Waals surface area contributed by atoms with E-state index in [1.165, 1.54) is 11.0 Å². The molecule has 1 saturated carbocycles. The molecular formula is C39H42ClFN6O6. The molecule has 4 aromatic rings. The zero-order valence-electron chi connectivity index (χ0n) is 29.3. The molecule has 2 bridgehead atoms. The number of hydrogen-bond donors (Lipinski definition) is 2. The second-order valence-corrected chi connectivity index (χ2v) is 15.0. The summed E-state index contributed by atoms with van der Waals surface area (Å²) >= 11 is 5.88. The third-order valence-corrected chi connectivity index (χ3v) is 11.5. The molecule has 4 fully saturated rings. The zero-order valence-corrected chi connectivity index (χ0v) is 30.0. The molecule has 12 nitrogen and oxygen atoms in total. The number of imidazole rings is 1. The Hall–Kier alpha value is -4.59. The van der Waals surface area contributed by atoms with E-state index in [0.29, 0.717) is 47.1 Å². The van der Waals surface area contributed by atoms with Crippen LogP contribution in [0, 0.1) is 11.7 Å². The van der Waals surface area contributed by atoms with E-state index in [1.807, 2.05) is 18.2 Å². The number of nitrogens with one attached hydrogen (secondary N) is 1. The Bertz CT molecular complexity index is 2030. The maximum absolute atomic E-state index is 14.2. The number of pyridine rings is 1. The molecule has 0 spiro atoms. The van der Waals surface area contributed by atoms with Gasteiger partial charge in [-0.2, -0.15) is 0 Å². The number of rotatable bonds is 12. The molecule has 4 atom stereocenters. The standard InChI is InChI=1S/C39H42ClFN6O6/c40-27-7-4-26(30(41)18-27)22-53-35-3-1-2-31(44-35)23-10-13-45(14-11-23)21-34-43-32-17-25(6-9-33(32)46(34)20-29-12-15-52-29)38(49)42-19-36(48)47-28-8-5-24(16-28)37(47)39(50)51/h1-4,6-7,9,17-18,23-24,28-29,37H,5,8,10-16,19-22H2,(H,42,49)(H,50,51)/t24?,28?,29-,37?/m0/s1. The molecular weight excluding hydrogens is 703 g/mol. The van der Waals surface area contributed by atoms with Gasteiger partial charge in [0.05, 0.1) is 36.8 Å². The van der Waals surface area contributed by atoms with Crippen LogP contribution in [-0.4, -0.2) is 91.7 Å². The van der Waals surface area contributed by atoms with Gasteiger partial charge in [-0.25, -0.2) is 19.2 Å². The molecule has 3 unspecified atom stereocenters. The van der Waals surface area contributed by atoms with E-state index < -0.39 is 23.7 Å². The molecule has 3 saturated heterocycles. The van der Waals surface area contributed by atoms with Crippen molar-refractivity contribution in [1.29, 1.82) is 0 Å². The number of carboxylic acid groups (broad SMARTS) is 1. The molecule has 2 aromatic heterocycles. The molecule has 3 aliphatic heterocycles. The summed E-state index contributed by atoms with van der Waals surface area (Å²) < 4.78 is 28.0. The molecule has 8 rings (SSSR count). The molecule has 1 aliphatic carbocycles. The smallest absolute Gasteiger partial charge is 0.326 e. The first-order valence-corrected chi connectivity index (χ1v) is 18.8. The highest BCUT2D eigenvalue weighted by Crippen LogP contribution is 2.42. The molecule has 5 heterocycles. The second-order valence-electron chi connectivity index (χ2n) is 14.6. The van der Waals surface area contributed by atoms with Gasteiger partial charge in [0.15, 0.2) is 0 Å². The Morgan fingerprint density at radius 3 is 2.60 bits per heavy atom. The topological polar surface area (TPSA) is 139 Å². The minimum Gasteiger partial charge on any atom is -0.480 e. The number of hydrogen-bond acceptors (Lipinski definition) is 8. The zero-order chi connectivity index (χ0) is 36.6. The number of likely N-dealkylation sites (tertiary alicyclic amines) is 2. The number of benzene rings is 2. The fourth-order valence-corrected chi connectivity index (χ4v) is 8.57. The van der Waals surface area contributed by atoms with Gasteiger partial charge in [-0.3, -0.25) is 14.5 Å². The van der Waals surface area contributed by atoms with Crippen molar-refractivity contribution in [3.63, 3.8) is 0 Å². The van der Waals surface area contributed by atoms with E-state index in [1.54, 1.807) is 30.3 Å². The average molecular weight is 745 g/mol. The van der Waals surface area contributed by atoms with Crippen molar-refractivity contribution in [2.75, 3.05) is 26.2 Å². The Morgan fingerprint density at radius 2 is 1.85 bits per heavy atom. The maximum Gasteiger partial charge on any atom is 0.326 e. The molecule has 0 radical (unpaired) electrons. The number of aromatic nitrogens is 3. The van der Waals surface area contributed by atoms with Gasteiger partial charge in [0.1, 0.15) is 24.3 Å². The second kappa shape index (κ2) is 15.0. The van der Waals surface area contributed by atoms with E-state index in [9.17, 15) is 23.9 Å². The molecule has 2 N–H and O–H groups in total. The molecule has 2 amide bonds. The number of carbonyl (C=O) groups excluding carboxylic acids is 2. The Kier molecular flexibility index (Phi) is 10.1. The number of nitrogens with zero attached hydrogens (tertiary/aromatic N) is 5. The van der Waals surface area contributed by atoms with Gasteiger partial charge in [0.2, 0.25) is 11.8 Å². The third kappa shape index (κ3) is 7.47. The number of fused-ring (bicyclic) bond motifs is 3. The van der Waals surface area contributed by atoms with Gasteiger partial charge in [-0.15, -0.1) is 0 Å². The van der Waals surface area contributed by atoms with Crippen LogP contribution in [0.2, 0.25) is 5.02 Å². The molecule has 14 heteroatoms.